The number of hydrogen-bond donors (Lipinski definition) is 3. The van der Waals surface area contributed by atoms with Gasteiger partial charge in [-0.25, -0.2) is 0 Å². The predicted octanol–water partition coefficient (Wildman–Crippen LogP) is 2.11. The fraction of sp³-hybridized carbons (Fsp3) is 0. The summed E-state index contributed by atoms with van der Waals surface area (Å²) in [7, 11) is 0. The van der Waals surface area contributed by atoms with Gasteiger partial charge in [-0.2, -0.15) is 0 Å². The molecule has 0 saturated carbocycles. The molecule has 3 rings (SSSR count). The standard InChI is InChI=1S/C11H9N3O2/c12-9-5-14-16-11(9)8-4-13-10-2-1-6(15)3-7(8)10/h1-5,13,15H,12H2. The van der Waals surface area contributed by atoms with Crippen LogP contribution in [0.1, 0.15) is 0 Å². The second-order valence-corrected chi connectivity index (χ2v) is 3.54. The van der Waals surface area contributed by atoms with Crippen LogP contribution in [0.4, 0.5) is 5.69 Å². The molecule has 0 saturated heterocycles. The van der Waals surface area contributed by atoms with Gasteiger partial charge in [-0.3, -0.25) is 0 Å². The van der Waals surface area contributed by atoms with E-state index in [-0.39, 0.29) is 5.75 Å². The van der Waals surface area contributed by atoms with Gasteiger partial charge in [0.05, 0.1) is 6.20 Å². The van der Waals surface area contributed by atoms with Gasteiger partial charge in [0.1, 0.15) is 11.4 Å². The molecular formula is C11H9N3O2. The zero-order valence-corrected chi connectivity index (χ0v) is 8.27. The van der Waals surface area contributed by atoms with E-state index in [1.54, 1.807) is 24.4 Å². The van der Waals surface area contributed by atoms with Gasteiger partial charge >= 0.3 is 0 Å². The Morgan fingerprint density at radius 3 is 3.00 bits per heavy atom. The number of fused-ring (bicyclic) bond motifs is 1. The highest BCUT2D eigenvalue weighted by atomic mass is 16.5. The van der Waals surface area contributed by atoms with E-state index in [1.807, 2.05) is 0 Å². The summed E-state index contributed by atoms with van der Waals surface area (Å²) in [6.45, 7) is 0. The minimum atomic E-state index is 0.200. The van der Waals surface area contributed by atoms with Gasteiger partial charge in [-0.15, -0.1) is 0 Å². The van der Waals surface area contributed by atoms with Crippen LogP contribution in [0.5, 0.6) is 5.75 Å². The van der Waals surface area contributed by atoms with Gasteiger partial charge in [0.2, 0.25) is 0 Å². The Morgan fingerprint density at radius 1 is 1.38 bits per heavy atom. The Morgan fingerprint density at radius 2 is 2.25 bits per heavy atom. The van der Waals surface area contributed by atoms with Crippen LogP contribution in [0, 0.1) is 0 Å². The average Bonchev–Trinajstić information content (AvgIpc) is 2.83. The van der Waals surface area contributed by atoms with Crippen LogP contribution in [-0.4, -0.2) is 15.2 Å². The molecule has 5 nitrogen and oxygen atoms in total. The first-order valence-corrected chi connectivity index (χ1v) is 4.76. The van der Waals surface area contributed by atoms with Crippen molar-refractivity contribution in [1.29, 1.82) is 0 Å². The van der Waals surface area contributed by atoms with Gasteiger partial charge in [0.25, 0.3) is 0 Å². The van der Waals surface area contributed by atoms with Crippen LogP contribution >= 0.6 is 0 Å². The molecule has 0 fully saturated rings. The van der Waals surface area contributed by atoms with Crippen molar-refractivity contribution in [3.05, 3.63) is 30.6 Å². The highest BCUT2D eigenvalue weighted by molar-refractivity contribution is 5.97. The molecule has 80 valence electrons. The Balaban J connectivity index is 2.32. The Labute approximate surface area is 90.5 Å². The van der Waals surface area contributed by atoms with Crippen molar-refractivity contribution in [3.63, 3.8) is 0 Å². The molecule has 1 aromatic carbocycles. The summed E-state index contributed by atoms with van der Waals surface area (Å²) in [5, 5.41) is 13.9. The fourth-order valence-corrected chi connectivity index (χ4v) is 1.75. The van der Waals surface area contributed by atoms with Crippen LogP contribution < -0.4 is 5.73 Å². The molecule has 2 heterocycles. The topological polar surface area (TPSA) is 88.1 Å². The smallest absolute Gasteiger partial charge is 0.191 e. The number of nitrogen functional groups attached to an aromatic ring is 1. The molecule has 4 N–H and O–H groups in total. The number of aromatic hydroxyl groups is 1. The summed E-state index contributed by atoms with van der Waals surface area (Å²) in [6.07, 6.45) is 3.23. The lowest BCUT2D eigenvalue weighted by atomic mass is 10.1. The molecule has 16 heavy (non-hydrogen) atoms. The van der Waals surface area contributed by atoms with Gasteiger partial charge in [0, 0.05) is 22.7 Å². The molecule has 0 aliphatic rings. The van der Waals surface area contributed by atoms with E-state index >= 15 is 0 Å². The summed E-state index contributed by atoms with van der Waals surface area (Å²) in [5.74, 6) is 0.711. The highest BCUT2D eigenvalue weighted by Gasteiger charge is 2.13. The molecule has 0 aliphatic carbocycles. The molecular weight excluding hydrogens is 206 g/mol. The molecule has 3 aromatic rings. The molecule has 0 spiro atoms. The van der Waals surface area contributed by atoms with Crippen molar-refractivity contribution < 1.29 is 9.63 Å². The number of aromatic nitrogens is 2. The maximum atomic E-state index is 9.45. The number of phenols is 1. The fourth-order valence-electron chi connectivity index (χ4n) is 1.75. The molecule has 0 radical (unpaired) electrons. The minimum absolute atomic E-state index is 0.200. The van der Waals surface area contributed by atoms with Gasteiger partial charge < -0.3 is 20.3 Å². The van der Waals surface area contributed by atoms with Crippen molar-refractivity contribution in [2.75, 3.05) is 5.73 Å². The van der Waals surface area contributed by atoms with Crippen molar-refractivity contribution in [3.8, 4) is 17.1 Å². The van der Waals surface area contributed by atoms with Crippen molar-refractivity contribution in [2.24, 2.45) is 0 Å². The Hall–Kier alpha value is -2.43. The van der Waals surface area contributed by atoms with E-state index in [9.17, 15) is 5.11 Å². The third-order valence-corrected chi connectivity index (χ3v) is 2.51. The Bertz CT molecular complexity index is 654. The number of nitrogens with one attached hydrogen (secondary N) is 1. The highest BCUT2D eigenvalue weighted by Crippen LogP contribution is 2.33. The SMILES string of the molecule is Nc1cnoc1-c1c[nH]c2ccc(O)cc12. The van der Waals surface area contributed by atoms with Gasteiger partial charge in [0.15, 0.2) is 5.76 Å². The second kappa shape index (κ2) is 3.03. The minimum Gasteiger partial charge on any atom is -0.508 e. The number of benzene rings is 1. The van der Waals surface area contributed by atoms with Gasteiger partial charge in [-0.1, -0.05) is 5.16 Å². The van der Waals surface area contributed by atoms with E-state index in [1.165, 1.54) is 6.20 Å². The molecule has 0 unspecified atom stereocenters. The quantitative estimate of drug-likeness (QED) is 0.580. The second-order valence-electron chi connectivity index (χ2n) is 3.54. The summed E-state index contributed by atoms with van der Waals surface area (Å²) in [5.41, 5.74) is 7.90. The van der Waals surface area contributed by atoms with Crippen LogP contribution in [0.25, 0.3) is 22.2 Å². The van der Waals surface area contributed by atoms with Crippen LogP contribution in [0.15, 0.2) is 35.1 Å². The lowest BCUT2D eigenvalue weighted by Crippen LogP contribution is -1.83. The van der Waals surface area contributed by atoms with Crippen molar-refractivity contribution in [2.45, 2.75) is 0 Å². The zero-order valence-electron chi connectivity index (χ0n) is 8.27. The van der Waals surface area contributed by atoms with E-state index in [4.69, 9.17) is 10.3 Å². The largest absolute Gasteiger partial charge is 0.508 e. The number of anilines is 1. The summed E-state index contributed by atoms with van der Waals surface area (Å²) in [4.78, 5) is 3.08. The first-order valence-electron chi connectivity index (χ1n) is 4.76. The zero-order chi connectivity index (χ0) is 11.1. The monoisotopic (exact) mass is 215 g/mol. The van der Waals surface area contributed by atoms with Crippen LogP contribution in [0.2, 0.25) is 0 Å². The molecule has 0 atom stereocenters. The normalized spacial score (nSPS) is 11.0. The van der Waals surface area contributed by atoms with Crippen LogP contribution in [-0.2, 0) is 0 Å². The number of phenolic OH excluding ortho intramolecular Hbond substituents is 1. The lowest BCUT2D eigenvalue weighted by Gasteiger charge is -1.96. The molecule has 5 heteroatoms. The van der Waals surface area contributed by atoms with E-state index in [2.05, 4.69) is 10.1 Å². The average molecular weight is 215 g/mol. The summed E-state index contributed by atoms with van der Waals surface area (Å²) >= 11 is 0. The number of nitrogens with two attached hydrogens (primary N) is 1. The Kier molecular flexibility index (Phi) is 1.67. The summed E-state index contributed by atoms with van der Waals surface area (Å²) < 4.78 is 5.08. The third-order valence-electron chi connectivity index (χ3n) is 2.51. The van der Waals surface area contributed by atoms with Gasteiger partial charge in [-0.05, 0) is 18.2 Å². The maximum Gasteiger partial charge on any atom is 0.191 e. The number of rotatable bonds is 1. The number of hydrogen-bond acceptors (Lipinski definition) is 4. The lowest BCUT2D eigenvalue weighted by molar-refractivity contribution is 0.433. The molecule has 0 amide bonds. The molecule has 2 aromatic heterocycles. The predicted molar refractivity (Wildman–Crippen MR) is 59.9 cm³/mol. The van der Waals surface area contributed by atoms with Crippen molar-refractivity contribution >= 4 is 16.6 Å². The van der Waals surface area contributed by atoms with E-state index in [0.29, 0.717) is 11.4 Å². The first kappa shape index (κ1) is 8.84. The number of H-pyrrole nitrogens is 1. The first-order chi connectivity index (χ1) is 7.75. The maximum absolute atomic E-state index is 9.45. The van der Waals surface area contributed by atoms with E-state index < -0.39 is 0 Å². The molecule has 0 bridgehead atoms. The number of aromatic amines is 1. The summed E-state index contributed by atoms with van der Waals surface area (Å²) in [6, 6.07) is 5.07. The third kappa shape index (κ3) is 1.15. The van der Waals surface area contributed by atoms with Crippen molar-refractivity contribution in [1.82, 2.24) is 10.1 Å². The molecule has 0 aliphatic heterocycles. The van der Waals surface area contributed by atoms with E-state index in [0.717, 1.165) is 16.5 Å². The van der Waals surface area contributed by atoms with Crippen LogP contribution in [0.3, 0.4) is 0 Å². The number of nitrogens with zero attached hydrogens (tertiary/aromatic N) is 1.